The van der Waals surface area contributed by atoms with E-state index in [1.165, 1.54) is 0 Å². The van der Waals surface area contributed by atoms with Crippen molar-refractivity contribution in [3.05, 3.63) is 115 Å². The van der Waals surface area contributed by atoms with Crippen LogP contribution < -0.4 is 11.1 Å². The van der Waals surface area contributed by atoms with Crippen molar-refractivity contribution in [2.75, 3.05) is 5.73 Å². The summed E-state index contributed by atoms with van der Waals surface area (Å²) in [5.41, 5.74) is 11.6. The number of carbonyl (C=O) groups is 1. The maximum Gasteiger partial charge on any atom is 0.408 e. The number of hydrogen-bond donors (Lipinski definition) is 2. The van der Waals surface area contributed by atoms with E-state index in [0.29, 0.717) is 28.7 Å². The van der Waals surface area contributed by atoms with E-state index in [0.717, 1.165) is 52.9 Å². The Morgan fingerprint density at radius 3 is 2.38 bits per heavy atom. The molecule has 0 saturated heterocycles. The van der Waals surface area contributed by atoms with Gasteiger partial charge in [0.25, 0.3) is 0 Å². The van der Waals surface area contributed by atoms with Crippen molar-refractivity contribution in [3.8, 4) is 28.3 Å². The van der Waals surface area contributed by atoms with E-state index in [2.05, 4.69) is 27.4 Å². The number of ether oxygens (including phenoxy) is 1. The molecule has 0 bridgehead atoms. The normalized spacial score (nSPS) is 14.1. The summed E-state index contributed by atoms with van der Waals surface area (Å²) in [6.45, 7) is 5.60. The number of nitrogens with zero attached hydrogens (tertiary/aromatic N) is 6. The molecule has 1 fully saturated rings. The molecule has 0 aliphatic heterocycles. The Morgan fingerprint density at radius 1 is 0.917 bits per heavy atom. The fourth-order valence-corrected chi connectivity index (χ4v) is 5.94. The number of carbonyl (C=O) groups excluding carboxylic acids is 1. The van der Waals surface area contributed by atoms with Gasteiger partial charge < -0.3 is 15.8 Å². The molecular formula is C38H36N8O2. The first-order chi connectivity index (χ1) is 23.2. The highest BCUT2D eigenvalue weighted by Crippen LogP contribution is 2.42. The standard InChI is InChI=1S/C38H36N8O2/c1-37(2,3)48-36(47)45-38(20-9-21-38)27-14-16-28(17-15-27)46-34(44-31-19-18-30(43-35(31)46)25-10-5-4-6-11-25)29-13-8-23-41-33(29)42-24-26-12-7-22-40-32(26)39/h4-8,10-19,22-24H,9,20-21H2,1-3H3,(H2,39,40)(H,45,47). The molecular weight excluding hydrogens is 600 g/mol. The lowest BCUT2D eigenvalue weighted by molar-refractivity contribution is 0.0377. The van der Waals surface area contributed by atoms with E-state index in [1.54, 1.807) is 18.6 Å². The van der Waals surface area contributed by atoms with Crippen molar-refractivity contribution in [1.29, 1.82) is 0 Å². The lowest BCUT2D eigenvalue weighted by Gasteiger charge is -2.43. The molecule has 1 aliphatic carbocycles. The minimum atomic E-state index is -0.580. The number of anilines is 1. The summed E-state index contributed by atoms with van der Waals surface area (Å²) < 4.78 is 7.64. The number of imidazole rings is 1. The number of aliphatic imine (C=N–C) groups is 1. The first-order valence-electron chi connectivity index (χ1n) is 16.0. The average molecular weight is 637 g/mol. The summed E-state index contributed by atoms with van der Waals surface area (Å²) in [7, 11) is 0. The summed E-state index contributed by atoms with van der Waals surface area (Å²) in [6.07, 6.45) is 7.29. The van der Waals surface area contributed by atoms with Gasteiger partial charge in [-0.3, -0.25) is 4.57 Å². The van der Waals surface area contributed by atoms with E-state index in [1.807, 2.05) is 104 Å². The number of amides is 1. The second-order valence-corrected chi connectivity index (χ2v) is 12.9. The van der Waals surface area contributed by atoms with E-state index in [-0.39, 0.29) is 0 Å². The van der Waals surface area contributed by atoms with Crippen LogP contribution in [0.25, 0.3) is 39.5 Å². The second-order valence-electron chi connectivity index (χ2n) is 12.9. The number of pyridine rings is 3. The molecule has 2 aromatic carbocycles. The monoisotopic (exact) mass is 636 g/mol. The van der Waals surface area contributed by atoms with E-state index < -0.39 is 17.2 Å². The molecule has 6 aromatic rings. The first kappa shape index (κ1) is 30.7. The van der Waals surface area contributed by atoms with Gasteiger partial charge in [0.15, 0.2) is 17.3 Å². The Bertz CT molecular complexity index is 2130. The van der Waals surface area contributed by atoms with Crippen LogP contribution in [0, 0.1) is 0 Å². The van der Waals surface area contributed by atoms with E-state index in [4.69, 9.17) is 25.4 Å². The van der Waals surface area contributed by atoms with Gasteiger partial charge in [-0.1, -0.05) is 42.5 Å². The van der Waals surface area contributed by atoms with Gasteiger partial charge in [0.2, 0.25) is 0 Å². The quantitative estimate of drug-likeness (QED) is 0.171. The second kappa shape index (κ2) is 12.4. The molecule has 0 unspecified atom stereocenters. The Hall–Kier alpha value is -5.90. The molecule has 1 aliphatic rings. The first-order valence-corrected chi connectivity index (χ1v) is 16.0. The van der Waals surface area contributed by atoms with Crippen molar-refractivity contribution in [2.24, 2.45) is 4.99 Å². The van der Waals surface area contributed by atoms with Gasteiger partial charge in [0, 0.05) is 35.4 Å². The van der Waals surface area contributed by atoms with Crippen LogP contribution >= 0.6 is 0 Å². The third-order valence-electron chi connectivity index (χ3n) is 8.42. The van der Waals surface area contributed by atoms with Crippen LogP contribution in [0.1, 0.15) is 51.2 Å². The third kappa shape index (κ3) is 6.12. The number of alkyl carbamates (subject to hydrolysis) is 1. The van der Waals surface area contributed by atoms with Gasteiger partial charge >= 0.3 is 6.09 Å². The lowest BCUT2D eigenvalue weighted by Crippen LogP contribution is -2.52. The molecule has 1 saturated carbocycles. The average Bonchev–Trinajstić information content (AvgIpc) is 3.44. The van der Waals surface area contributed by atoms with Crippen molar-refractivity contribution >= 4 is 35.1 Å². The minimum absolute atomic E-state index is 0.383. The van der Waals surface area contributed by atoms with Gasteiger partial charge in [-0.05, 0) is 94.1 Å². The molecule has 10 nitrogen and oxygen atoms in total. The number of nitrogen functional groups attached to an aromatic ring is 1. The predicted octanol–water partition coefficient (Wildman–Crippen LogP) is 7.78. The number of hydrogen-bond acceptors (Lipinski definition) is 8. The number of fused-ring (bicyclic) bond motifs is 1. The topological polar surface area (TPSA) is 133 Å². The highest BCUT2D eigenvalue weighted by atomic mass is 16.6. The fourth-order valence-electron chi connectivity index (χ4n) is 5.94. The van der Waals surface area contributed by atoms with Gasteiger partial charge in [0.05, 0.1) is 16.8 Å². The van der Waals surface area contributed by atoms with E-state index >= 15 is 0 Å². The molecule has 10 heteroatoms. The molecule has 3 N–H and O–H groups in total. The summed E-state index contributed by atoms with van der Waals surface area (Å²) in [5, 5.41) is 3.16. The molecule has 240 valence electrons. The van der Waals surface area contributed by atoms with E-state index in [9.17, 15) is 4.79 Å². The largest absolute Gasteiger partial charge is 0.444 e. The predicted molar refractivity (Wildman–Crippen MR) is 188 cm³/mol. The molecule has 1 amide bonds. The Kier molecular flexibility index (Phi) is 7.92. The molecule has 7 rings (SSSR count). The SMILES string of the molecule is CC(C)(C)OC(=O)NC1(c2ccc(-n3c(-c4cccnc4N=Cc4cccnc4N)nc4ccc(-c5ccccc5)nc43)cc2)CCC1. The fraction of sp³-hybridized carbons (Fsp3) is 0.211. The van der Waals surface area contributed by atoms with Crippen LogP contribution in [0.3, 0.4) is 0 Å². The molecule has 0 radical (unpaired) electrons. The van der Waals surface area contributed by atoms with Crippen molar-refractivity contribution in [2.45, 2.75) is 51.2 Å². The molecule has 0 spiro atoms. The third-order valence-corrected chi connectivity index (χ3v) is 8.42. The highest BCUT2D eigenvalue weighted by Gasteiger charge is 2.41. The smallest absolute Gasteiger partial charge is 0.408 e. The van der Waals surface area contributed by atoms with Crippen molar-refractivity contribution in [1.82, 2.24) is 29.8 Å². The zero-order valence-corrected chi connectivity index (χ0v) is 27.1. The molecule has 4 aromatic heterocycles. The van der Waals surface area contributed by atoms with Gasteiger partial charge in [-0.25, -0.2) is 29.7 Å². The zero-order chi connectivity index (χ0) is 33.3. The Labute approximate surface area is 278 Å². The van der Waals surface area contributed by atoms with Crippen LogP contribution in [0.2, 0.25) is 0 Å². The summed E-state index contributed by atoms with van der Waals surface area (Å²) in [5.74, 6) is 1.50. The zero-order valence-electron chi connectivity index (χ0n) is 27.1. The van der Waals surface area contributed by atoms with Crippen molar-refractivity contribution in [3.63, 3.8) is 0 Å². The number of rotatable bonds is 7. The van der Waals surface area contributed by atoms with Gasteiger partial charge in [0.1, 0.15) is 16.9 Å². The minimum Gasteiger partial charge on any atom is -0.444 e. The van der Waals surface area contributed by atoms with Crippen molar-refractivity contribution < 1.29 is 9.53 Å². The summed E-state index contributed by atoms with van der Waals surface area (Å²) >= 11 is 0. The van der Waals surface area contributed by atoms with Crippen LogP contribution in [0.4, 0.5) is 16.4 Å². The number of nitrogens with two attached hydrogens (primary N) is 1. The van der Waals surface area contributed by atoms with Gasteiger partial charge in [-0.15, -0.1) is 0 Å². The molecule has 4 heterocycles. The maximum absolute atomic E-state index is 12.8. The van der Waals surface area contributed by atoms with Gasteiger partial charge in [-0.2, -0.15) is 0 Å². The lowest BCUT2D eigenvalue weighted by atomic mass is 9.72. The number of nitrogens with one attached hydrogen (secondary N) is 1. The molecule has 48 heavy (non-hydrogen) atoms. The number of aromatic nitrogens is 5. The maximum atomic E-state index is 12.8. The van der Waals surface area contributed by atoms with Crippen LogP contribution in [0.5, 0.6) is 0 Å². The molecule has 0 atom stereocenters. The Balaban J connectivity index is 1.34. The van der Waals surface area contributed by atoms with Crippen LogP contribution in [0.15, 0.2) is 108 Å². The van der Waals surface area contributed by atoms with Crippen LogP contribution in [-0.4, -0.2) is 42.4 Å². The summed E-state index contributed by atoms with van der Waals surface area (Å²) in [6, 6.07) is 29.7. The Morgan fingerprint density at radius 2 is 1.67 bits per heavy atom. The summed E-state index contributed by atoms with van der Waals surface area (Å²) in [4.78, 5) is 36.5. The van der Waals surface area contributed by atoms with Crippen LogP contribution in [-0.2, 0) is 10.3 Å². The number of benzene rings is 2. The highest BCUT2D eigenvalue weighted by molar-refractivity contribution is 5.89.